The van der Waals surface area contributed by atoms with Gasteiger partial charge >= 0.3 is 0 Å². The third-order valence-electron chi connectivity index (χ3n) is 4.00. The molecule has 0 unspecified atom stereocenters. The van der Waals surface area contributed by atoms with Crippen molar-refractivity contribution in [3.05, 3.63) is 45.9 Å². The maximum Gasteiger partial charge on any atom is 0.260 e. The first kappa shape index (κ1) is 17.2. The zero-order valence-corrected chi connectivity index (χ0v) is 14.9. The lowest BCUT2D eigenvalue weighted by Gasteiger charge is -2.16. The number of hydrogen-bond donors (Lipinski definition) is 0. The molecule has 0 saturated carbocycles. The van der Waals surface area contributed by atoms with Gasteiger partial charge < -0.3 is 9.64 Å². The first-order chi connectivity index (χ1) is 12.2. The highest BCUT2D eigenvalue weighted by Crippen LogP contribution is 2.26. The minimum atomic E-state index is 0.00679. The largest absolute Gasteiger partial charge is 0.483 e. The summed E-state index contributed by atoms with van der Waals surface area (Å²) in [4.78, 5) is 18.3. The fourth-order valence-electron chi connectivity index (χ4n) is 2.70. The molecule has 1 aliphatic heterocycles. The summed E-state index contributed by atoms with van der Waals surface area (Å²) in [5, 5.41) is 12.0. The van der Waals surface area contributed by atoms with Gasteiger partial charge in [0.15, 0.2) is 6.61 Å². The van der Waals surface area contributed by atoms with Crippen LogP contribution in [0.3, 0.4) is 0 Å². The lowest BCUT2D eigenvalue weighted by molar-refractivity contribution is -0.132. The van der Waals surface area contributed by atoms with Crippen molar-refractivity contribution in [2.75, 3.05) is 19.7 Å². The first-order valence-electron chi connectivity index (χ1n) is 8.21. The molecular weight excluding hydrogens is 334 g/mol. The van der Waals surface area contributed by atoms with Gasteiger partial charge in [-0.2, -0.15) is 5.26 Å². The van der Waals surface area contributed by atoms with Gasteiger partial charge in [0.25, 0.3) is 5.91 Å². The van der Waals surface area contributed by atoms with Crippen molar-refractivity contribution in [2.45, 2.75) is 19.8 Å². The van der Waals surface area contributed by atoms with Crippen molar-refractivity contribution in [2.24, 2.45) is 0 Å². The van der Waals surface area contributed by atoms with Crippen LogP contribution in [0, 0.1) is 18.3 Å². The van der Waals surface area contributed by atoms with E-state index in [-0.39, 0.29) is 12.5 Å². The van der Waals surface area contributed by atoms with E-state index in [2.05, 4.69) is 11.1 Å². The fraction of sp³-hybridized carbons (Fsp3) is 0.316. The molecule has 0 bridgehead atoms. The van der Waals surface area contributed by atoms with E-state index >= 15 is 0 Å². The summed E-state index contributed by atoms with van der Waals surface area (Å²) >= 11 is 1.44. The van der Waals surface area contributed by atoms with Crippen LogP contribution in [-0.2, 0) is 4.79 Å². The molecule has 0 N–H and O–H groups in total. The van der Waals surface area contributed by atoms with Crippen LogP contribution in [0.5, 0.6) is 5.75 Å². The second-order valence-electron chi connectivity index (χ2n) is 5.88. The van der Waals surface area contributed by atoms with E-state index in [4.69, 9.17) is 4.74 Å². The van der Waals surface area contributed by atoms with Crippen LogP contribution in [0.4, 0.5) is 0 Å². The lowest BCUT2D eigenvalue weighted by Crippen LogP contribution is -2.32. The molecule has 1 aliphatic rings. The Labute approximate surface area is 151 Å². The molecule has 0 radical (unpaired) electrons. The van der Waals surface area contributed by atoms with Gasteiger partial charge in [-0.1, -0.05) is 18.2 Å². The number of aryl methyl sites for hydroxylation is 1. The number of likely N-dealkylation sites (tertiary alicyclic amines) is 1. The Morgan fingerprint density at radius 3 is 2.84 bits per heavy atom. The standard InChI is InChI=1S/C19H19N3O2S/c1-14-13-25-19(21-14)16(11-20)10-15-6-2-3-7-17(15)24-12-18(23)22-8-4-5-9-22/h2-3,6-7,10,13H,4-5,8-9,12H2,1H3. The van der Waals surface area contributed by atoms with Gasteiger partial charge in [-0.3, -0.25) is 4.79 Å². The Hall–Kier alpha value is -2.65. The van der Waals surface area contributed by atoms with Gasteiger partial charge in [0.1, 0.15) is 16.8 Å². The van der Waals surface area contributed by atoms with Crippen LogP contribution in [0.25, 0.3) is 11.6 Å². The van der Waals surface area contributed by atoms with Crippen molar-refractivity contribution in [3.63, 3.8) is 0 Å². The van der Waals surface area contributed by atoms with E-state index in [1.165, 1.54) is 11.3 Å². The number of benzene rings is 1. The van der Waals surface area contributed by atoms with Gasteiger partial charge in [-0.05, 0) is 31.9 Å². The molecule has 5 nitrogen and oxygen atoms in total. The number of amides is 1. The fourth-order valence-corrected chi connectivity index (χ4v) is 3.47. The highest BCUT2D eigenvalue weighted by atomic mass is 32.1. The maximum atomic E-state index is 12.2. The zero-order chi connectivity index (χ0) is 17.6. The minimum Gasteiger partial charge on any atom is -0.483 e. The van der Waals surface area contributed by atoms with E-state index in [1.807, 2.05) is 41.5 Å². The Bertz CT molecular complexity index is 829. The third-order valence-corrected chi connectivity index (χ3v) is 4.99. The number of carbonyl (C=O) groups is 1. The predicted octanol–water partition coefficient (Wildman–Crippen LogP) is 3.52. The van der Waals surface area contributed by atoms with E-state index < -0.39 is 0 Å². The average molecular weight is 353 g/mol. The second-order valence-corrected chi connectivity index (χ2v) is 6.74. The monoisotopic (exact) mass is 353 g/mol. The summed E-state index contributed by atoms with van der Waals surface area (Å²) in [6.07, 6.45) is 3.88. The molecule has 0 atom stereocenters. The van der Waals surface area contributed by atoms with Crippen LogP contribution in [-0.4, -0.2) is 35.5 Å². The van der Waals surface area contributed by atoms with Crippen molar-refractivity contribution in [1.29, 1.82) is 5.26 Å². The zero-order valence-electron chi connectivity index (χ0n) is 14.1. The molecule has 25 heavy (non-hydrogen) atoms. The second kappa shape index (κ2) is 7.95. The number of nitriles is 1. The molecule has 1 amide bonds. The predicted molar refractivity (Wildman–Crippen MR) is 98.1 cm³/mol. The number of para-hydroxylation sites is 1. The lowest BCUT2D eigenvalue weighted by atomic mass is 10.1. The van der Waals surface area contributed by atoms with Gasteiger partial charge in [-0.15, -0.1) is 11.3 Å². The molecule has 2 heterocycles. The SMILES string of the molecule is Cc1csc(C(C#N)=Cc2ccccc2OCC(=O)N2CCCC2)n1. The number of aromatic nitrogens is 1. The Morgan fingerprint density at radius 2 is 2.16 bits per heavy atom. The van der Waals surface area contributed by atoms with Crippen LogP contribution in [0.15, 0.2) is 29.6 Å². The summed E-state index contributed by atoms with van der Waals surface area (Å²) in [6, 6.07) is 9.61. The van der Waals surface area contributed by atoms with Crippen LogP contribution >= 0.6 is 11.3 Å². The van der Waals surface area contributed by atoms with Crippen LogP contribution in [0.2, 0.25) is 0 Å². The van der Waals surface area contributed by atoms with E-state index in [0.717, 1.165) is 37.2 Å². The molecule has 128 valence electrons. The number of allylic oxidation sites excluding steroid dienone is 1. The molecule has 1 saturated heterocycles. The summed E-state index contributed by atoms with van der Waals surface area (Å²) in [5.41, 5.74) is 2.14. The van der Waals surface area contributed by atoms with Crippen molar-refractivity contribution in [3.8, 4) is 11.8 Å². The van der Waals surface area contributed by atoms with Crippen molar-refractivity contribution in [1.82, 2.24) is 9.88 Å². The quantitative estimate of drug-likeness (QED) is 0.772. The molecule has 1 aromatic carbocycles. The van der Waals surface area contributed by atoms with Gasteiger partial charge in [0.05, 0.1) is 5.57 Å². The molecule has 1 fully saturated rings. The number of thiazole rings is 1. The van der Waals surface area contributed by atoms with Gasteiger partial charge in [-0.25, -0.2) is 4.98 Å². The molecular formula is C19H19N3O2S. The number of hydrogen-bond acceptors (Lipinski definition) is 5. The smallest absolute Gasteiger partial charge is 0.260 e. The Balaban J connectivity index is 1.77. The van der Waals surface area contributed by atoms with E-state index in [0.29, 0.717) is 16.3 Å². The normalized spacial score (nSPS) is 14.4. The summed E-state index contributed by atoms with van der Waals surface area (Å²) < 4.78 is 5.74. The number of rotatable bonds is 5. The molecule has 0 spiro atoms. The summed E-state index contributed by atoms with van der Waals surface area (Å²) in [6.45, 7) is 3.54. The topological polar surface area (TPSA) is 66.2 Å². The van der Waals surface area contributed by atoms with Crippen molar-refractivity contribution >= 4 is 28.9 Å². The highest BCUT2D eigenvalue weighted by molar-refractivity contribution is 7.11. The number of carbonyl (C=O) groups excluding carboxylic acids is 1. The molecule has 0 aliphatic carbocycles. The summed E-state index contributed by atoms with van der Waals surface area (Å²) in [7, 11) is 0. The summed E-state index contributed by atoms with van der Waals surface area (Å²) in [5.74, 6) is 0.600. The molecule has 1 aromatic heterocycles. The van der Waals surface area contributed by atoms with Gasteiger partial charge in [0, 0.05) is 29.7 Å². The average Bonchev–Trinajstić information content (AvgIpc) is 3.30. The third kappa shape index (κ3) is 4.25. The Kier molecular flexibility index (Phi) is 5.46. The molecule has 3 rings (SSSR count). The maximum absolute atomic E-state index is 12.2. The first-order valence-corrected chi connectivity index (χ1v) is 9.09. The molecule has 6 heteroatoms. The van der Waals surface area contributed by atoms with Gasteiger partial charge in [0.2, 0.25) is 0 Å². The van der Waals surface area contributed by atoms with E-state index in [9.17, 15) is 10.1 Å². The van der Waals surface area contributed by atoms with Crippen LogP contribution < -0.4 is 4.74 Å². The number of ether oxygens (including phenoxy) is 1. The minimum absolute atomic E-state index is 0.00679. The van der Waals surface area contributed by atoms with Crippen LogP contribution in [0.1, 0.15) is 29.1 Å². The van der Waals surface area contributed by atoms with Crippen molar-refractivity contribution < 1.29 is 9.53 Å². The highest BCUT2D eigenvalue weighted by Gasteiger charge is 2.18. The number of nitrogens with zero attached hydrogens (tertiary/aromatic N) is 3. The Morgan fingerprint density at radius 1 is 1.40 bits per heavy atom. The van der Waals surface area contributed by atoms with E-state index in [1.54, 1.807) is 6.08 Å². The molecule has 2 aromatic rings.